The molecule has 0 saturated carbocycles. The summed E-state index contributed by atoms with van der Waals surface area (Å²) >= 11 is 0. The van der Waals surface area contributed by atoms with Gasteiger partial charge >= 0.3 is 0 Å². The van der Waals surface area contributed by atoms with Crippen molar-refractivity contribution in [2.75, 3.05) is 19.5 Å². The van der Waals surface area contributed by atoms with Crippen molar-refractivity contribution in [3.8, 4) is 11.5 Å². The molecule has 1 aromatic carbocycles. The molecule has 0 heterocycles. The Bertz CT molecular complexity index is 415. The smallest absolute Gasteiger partial charge is 0.264 e. The summed E-state index contributed by atoms with van der Waals surface area (Å²) < 4.78 is 39.5. The van der Waals surface area contributed by atoms with Crippen LogP contribution in [0, 0.1) is 0 Å². The molecule has 0 aliphatic heterocycles. The van der Waals surface area contributed by atoms with Crippen LogP contribution >= 0.6 is 0 Å². The Labute approximate surface area is 123 Å². The first kappa shape index (κ1) is 16.7. The van der Waals surface area contributed by atoms with E-state index in [2.05, 4.69) is 0 Å². The van der Waals surface area contributed by atoms with Crippen LogP contribution in [0.2, 0.25) is 0 Å². The number of rotatable bonds is 6. The van der Waals surface area contributed by atoms with E-state index in [-0.39, 0.29) is 48.3 Å². The summed E-state index contributed by atoms with van der Waals surface area (Å²) in [5, 5.41) is 0. The minimum Gasteiger partial charge on any atom is -0.497 e. The molecule has 7 heteroatoms. The third-order valence-electron chi connectivity index (χ3n) is 1.87. The van der Waals surface area contributed by atoms with Crippen molar-refractivity contribution in [3.63, 3.8) is 0 Å². The summed E-state index contributed by atoms with van der Waals surface area (Å²) in [6, 6.07) is 6.95. The molecule has 5 nitrogen and oxygen atoms in total. The van der Waals surface area contributed by atoms with Gasteiger partial charge < -0.3 is 9.47 Å². The molecular formula is C10H14NaO5S. The Morgan fingerprint density at radius 3 is 2.18 bits per heavy atom. The van der Waals surface area contributed by atoms with Gasteiger partial charge in [0.1, 0.15) is 11.5 Å². The molecule has 0 bridgehead atoms. The summed E-state index contributed by atoms with van der Waals surface area (Å²) in [5.74, 6) is 1.07. The zero-order chi connectivity index (χ0) is 12.0. The van der Waals surface area contributed by atoms with Crippen molar-refractivity contribution in [1.82, 2.24) is 0 Å². The van der Waals surface area contributed by atoms with Crippen LogP contribution in [-0.4, -0.2) is 62.0 Å². The number of methoxy groups -OCH3 is 1. The molecule has 1 radical (unpaired) electrons. The van der Waals surface area contributed by atoms with E-state index >= 15 is 0 Å². The van der Waals surface area contributed by atoms with Crippen molar-refractivity contribution < 1.29 is 22.4 Å². The molecular weight excluding hydrogens is 255 g/mol. The van der Waals surface area contributed by atoms with Gasteiger partial charge in [-0.25, -0.2) is 0 Å². The molecule has 0 aliphatic rings. The van der Waals surface area contributed by atoms with Crippen molar-refractivity contribution >= 4 is 39.7 Å². The predicted molar refractivity (Wildman–Crippen MR) is 65.3 cm³/mol. The van der Waals surface area contributed by atoms with Gasteiger partial charge in [0.15, 0.2) is 0 Å². The fourth-order valence-corrected chi connectivity index (χ4v) is 1.59. The first-order chi connectivity index (χ1) is 7.51. The molecule has 1 rings (SSSR count). The summed E-state index contributed by atoms with van der Waals surface area (Å²) in [6.45, 7) is 0.242. The summed E-state index contributed by atoms with van der Waals surface area (Å²) in [7, 11) is -2.32. The average Bonchev–Trinajstić information content (AvgIpc) is 2.24. The Morgan fingerprint density at radius 1 is 1.18 bits per heavy atom. The maximum Gasteiger partial charge on any atom is 0.264 e. The molecule has 0 amide bonds. The van der Waals surface area contributed by atoms with Gasteiger partial charge in [0.25, 0.3) is 10.1 Å². The SMILES string of the molecule is COc1ccc(OCCCS(=O)(=O)O)cc1.[Na]. The van der Waals surface area contributed by atoms with Crippen molar-refractivity contribution in [3.05, 3.63) is 24.3 Å². The second-order valence-corrected chi connectivity index (χ2v) is 4.74. The number of hydrogen-bond donors (Lipinski definition) is 1. The zero-order valence-corrected chi connectivity index (χ0v) is 12.7. The molecule has 0 spiro atoms. The Hall–Kier alpha value is -0.270. The predicted octanol–water partition coefficient (Wildman–Crippen LogP) is 0.971. The van der Waals surface area contributed by atoms with Crippen LogP contribution in [-0.2, 0) is 10.1 Å². The number of hydrogen-bond acceptors (Lipinski definition) is 4. The van der Waals surface area contributed by atoms with Crippen LogP contribution in [0.4, 0.5) is 0 Å². The molecule has 1 N–H and O–H groups in total. The topological polar surface area (TPSA) is 72.8 Å². The van der Waals surface area contributed by atoms with Gasteiger partial charge in [0.2, 0.25) is 0 Å². The minimum absolute atomic E-state index is 0. The third kappa shape index (κ3) is 7.62. The van der Waals surface area contributed by atoms with E-state index < -0.39 is 10.1 Å². The van der Waals surface area contributed by atoms with E-state index in [1.165, 1.54) is 0 Å². The van der Waals surface area contributed by atoms with Gasteiger partial charge in [-0.05, 0) is 30.7 Å². The van der Waals surface area contributed by atoms with E-state index in [1.807, 2.05) is 0 Å². The molecule has 1 aromatic rings. The van der Waals surface area contributed by atoms with Gasteiger partial charge in [0, 0.05) is 29.6 Å². The molecule has 0 unspecified atom stereocenters. The normalized spacial score (nSPS) is 10.5. The largest absolute Gasteiger partial charge is 0.497 e. The van der Waals surface area contributed by atoms with Crippen LogP contribution in [0.25, 0.3) is 0 Å². The van der Waals surface area contributed by atoms with E-state index in [4.69, 9.17) is 14.0 Å². The van der Waals surface area contributed by atoms with Crippen molar-refractivity contribution in [2.45, 2.75) is 6.42 Å². The second kappa shape index (κ2) is 7.94. The fourth-order valence-electron chi connectivity index (χ4n) is 1.10. The summed E-state index contributed by atoms with van der Waals surface area (Å²) in [6.07, 6.45) is 0.255. The molecule has 91 valence electrons. The Kier molecular flexibility index (Phi) is 7.82. The molecule has 0 atom stereocenters. The van der Waals surface area contributed by atoms with Crippen LogP contribution in [0.15, 0.2) is 24.3 Å². The summed E-state index contributed by atoms with van der Waals surface area (Å²) in [4.78, 5) is 0. The van der Waals surface area contributed by atoms with Crippen LogP contribution in [0.5, 0.6) is 11.5 Å². The molecule has 0 fully saturated rings. The molecule has 0 aromatic heterocycles. The third-order valence-corrected chi connectivity index (χ3v) is 2.68. The molecule has 0 saturated heterocycles. The second-order valence-electron chi connectivity index (χ2n) is 3.16. The first-order valence-corrected chi connectivity index (χ1v) is 6.34. The quantitative estimate of drug-likeness (QED) is 0.473. The van der Waals surface area contributed by atoms with Crippen LogP contribution in [0.1, 0.15) is 6.42 Å². The van der Waals surface area contributed by atoms with E-state index in [0.717, 1.165) is 5.75 Å². The van der Waals surface area contributed by atoms with Crippen LogP contribution < -0.4 is 9.47 Å². The minimum atomic E-state index is -3.89. The van der Waals surface area contributed by atoms with Gasteiger partial charge in [-0.3, -0.25) is 4.55 Å². The Balaban J connectivity index is 0.00000256. The van der Waals surface area contributed by atoms with Gasteiger partial charge in [0.05, 0.1) is 19.5 Å². The average molecular weight is 269 g/mol. The Morgan fingerprint density at radius 2 is 1.71 bits per heavy atom. The number of benzene rings is 1. The maximum atomic E-state index is 10.4. The van der Waals surface area contributed by atoms with E-state index in [9.17, 15) is 8.42 Å². The van der Waals surface area contributed by atoms with Crippen LogP contribution in [0.3, 0.4) is 0 Å². The zero-order valence-electron chi connectivity index (χ0n) is 9.92. The standard InChI is InChI=1S/C10H14O5S.Na/c1-14-9-3-5-10(6-4-9)15-7-2-8-16(11,12)13;/h3-6H,2,7-8H2,1H3,(H,11,12,13);. The fraction of sp³-hybridized carbons (Fsp3) is 0.400. The number of ether oxygens (including phenoxy) is 2. The molecule has 0 aliphatic carbocycles. The van der Waals surface area contributed by atoms with Crippen molar-refractivity contribution in [1.29, 1.82) is 0 Å². The summed E-state index contributed by atoms with van der Waals surface area (Å²) in [5.41, 5.74) is 0. The maximum absolute atomic E-state index is 10.4. The van der Waals surface area contributed by atoms with Gasteiger partial charge in [-0.15, -0.1) is 0 Å². The van der Waals surface area contributed by atoms with E-state index in [0.29, 0.717) is 5.75 Å². The van der Waals surface area contributed by atoms with Gasteiger partial charge in [-0.2, -0.15) is 8.42 Å². The molecule has 17 heavy (non-hydrogen) atoms. The monoisotopic (exact) mass is 269 g/mol. The first-order valence-electron chi connectivity index (χ1n) is 4.73. The van der Waals surface area contributed by atoms with Gasteiger partial charge in [-0.1, -0.05) is 0 Å². The van der Waals surface area contributed by atoms with E-state index in [1.54, 1.807) is 31.4 Å². The van der Waals surface area contributed by atoms with Crippen molar-refractivity contribution in [2.24, 2.45) is 0 Å².